The van der Waals surface area contributed by atoms with Crippen molar-refractivity contribution in [2.75, 3.05) is 19.3 Å². The van der Waals surface area contributed by atoms with Crippen LogP contribution in [0.25, 0.3) is 11.1 Å². The van der Waals surface area contributed by atoms with Gasteiger partial charge in [-0.1, -0.05) is 12.1 Å². The van der Waals surface area contributed by atoms with E-state index in [-0.39, 0.29) is 5.92 Å². The van der Waals surface area contributed by atoms with Gasteiger partial charge in [0.1, 0.15) is 5.52 Å². The lowest BCUT2D eigenvalue weighted by molar-refractivity contribution is 0.290. The summed E-state index contributed by atoms with van der Waals surface area (Å²) in [6.45, 7) is 1.06. The molecule has 3 rings (SSSR count). The number of hydrogen-bond donors (Lipinski definition) is 0. The summed E-state index contributed by atoms with van der Waals surface area (Å²) in [4.78, 5) is 4.46. The van der Waals surface area contributed by atoms with Crippen LogP contribution in [0.3, 0.4) is 0 Å². The van der Waals surface area contributed by atoms with Gasteiger partial charge in [-0.2, -0.15) is 0 Å². The molecule has 0 aliphatic carbocycles. The molecule has 0 unspecified atom stereocenters. The zero-order valence-corrected chi connectivity index (χ0v) is 11.6. The van der Waals surface area contributed by atoms with Crippen molar-refractivity contribution in [1.82, 2.24) is 9.29 Å². The van der Waals surface area contributed by atoms with Crippen LogP contribution < -0.4 is 0 Å². The average molecular weight is 280 g/mol. The highest BCUT2D eigenvalue weighted by Crippen LogP contribution is 2.29. The number of piperidine rings is 1. The van der Waals surface area contributed by atoms with Crippen LogP contribution in [-0.2, 0) is 10.0 Å². The van der Waals surface area contributed by atoms with E-state index >= 15 is 0 Å². The van der Waals surface area contributed by atoms with Crippen molar-refractivity contribution in [3.05, 3.63) is 30.2 Å². The monoisotopic (exact) mass is 280 g/mol. The molecule has 1 aliphatic rings. The van der Waals surface area contributed by atoms with E-state index in [0.717, 1.165) is 23.9 Å². The Morgan fingerprint density at radius 3 is 2.89 bits per heavy atom. The Labute approximate surface area is 112 Å². The molecular weight excluding hydrogens is 264 g/mol. The van der Waals surface area contributed by atoms with E-state index in [1.54, 1.807) is 0 Å². The fourth-order valence-corrected chi connectivity index (χ4v) is 3.42. The number of rotatable bonds is 2. The molecule has 1 fully saturated rings. The molecule has 2 heterocycles. The maximum atomic E-state index is 11.6. The number of sulfonamides is 1. The Bertz CT molecular complexity index is 660. The number of fused-ring (bicyclic) bond motifs is 1. The molecule has 5 nitrogen and oxygen atoms in total. The molecule has 1 aliphatic heterocycles. The minimum absolute atomic E-state index is 0.0517. The van der Waals surface area contributed by atoms with Crippen molar-refractivity contribution in [2.45, 2.75) is 18.8 Å². The maximum absolute atomic E-state index is 11.6. The van der Waals surface area contributed by atoms with E-state index < -0.39 is 10.0 Å². The summed E-state index contributed by atoms with van der Waals surface area (Å²) in [5.41, 5.74) is 1.59. The van der Waals surface area contributed by atoms with Crippen molar-refractivity contribution in [3.8, 4) is 0 Å². The van der Waals surface area contributed by atoms with Gasteiger partial charge >= 0.3 is 0 Å². The third kappa shape index (κ3) is 2.50. The summed E-state index contributed by atoms with van der Waals surface area (Å²) in [5, 5.41) is 0. The second-order valence-corrected chi connectivity index (χ2v) is 6.96. The Morgan fingerprint density at radius 2 is 2.16 bits per heavy atom. The zero-order valence-electron chi connectivity index (χ0n) is 10.7. The predicted molar refractivity (Wildman–Crippen MR) is 72.4 cm³/mol. The standard InChI is InChI=1S/C13H16N2O3S/c1-19(16,17)15-8-4-5-10(9-15)13-14-11-6-2-3-7-12(11)18-13/h2-3,6-7,10H,4-5,8-9H2,1H3/t10-/m1/s1. The molecule has 0 radical (unpaired) electrons. The highest BCUT2D eigenvalue weighted by Gasteiger charge is 2.29. The lowest BCUT2D eigenvalue weighted by Crippen LogP contribution is -2.38. The van der Waals surface area contributed by atoms with Gasteiger partial charge in [0.15, 0.2) is 11.5 Å². The van der Waals surface area contributed by atoms with Crippen molar-refractivity contribution in [2.24, 2.45) is 0 Å². The van der Waals surface area contributed by atoms with Crippen LogP contribution in [0.1, 0.15) is 24.7 Å². The largest absolute Gasteiger partial charge is 0.440 e. The Hall–Kier alpha value is -1.40. The molecule has 2 aromatic rings. The Morgan fingerprint density at radius 1 is 1.37 bits per heavy atom. The molecule has 1 aromatic heterocycles. The normalized spacial score (nSPS) is 21.8. The second-order valence-electron chi connectivity index (χ2n) is 4.98. The average Bonchev–Trinajstić information content (AvgIpc) is 2.81. The van der Waals surface area contributed by atoms with Crippen molar-refractivity contribution in [1.29, 1.82) is 0 Å². The lowest BCUT2D eigenvalue weighted by Gasteiger charge is -2.29. The van der Waals surface area contributed by atoms with Crippen molar-refractivity contribution >= 4 is 21.1 Å². The maximum Gasteiger partial charge on any atom is 0.211 e. The summed E-state index contributed by atoms with van der Waals surface area (Å²) >= 11 is 0. The molecular formula is C13H16N2O3S. The number of benzene rings is 1. The van der Waals surface area contributed by atoms with Gasteiger partial charge in [0.25, 0.3) is 0 Å². The summed E-state index contributed by atoms with van der Waals surface area (Å²) in [7, 11) is -3.13. The molecule has 1 atom stereocenters. The summed E-state index contributed by atoms with van der Waals surface area (Å²) in [6, 6.07) is 7.60. The van der Waals surface area contributed by atoms with E-state index in [0.29, 0.717) is 19.0 Å². The minimum atomic E-state index is -3.13. The SMILES string of the molecule is CS(=O)(=O)N1CCC[C@@H](c2nc3ccccc3o2)C1. The first-order valence-electron chi connectivity index (χ1n) is 6.34. The van der Waals surface area contributed by atoms with Gasteiger partial charge in [-0.05, 0) is 25.0 Å². The number of oxazole rings is 1. The smallest absolute Gasteiger partial charge is 0.211 e. The van der Waals surface area contributed by atoms with Gasteiger partial charge in [-0.25, -0.2) is 17.7 Å². The van der Waals surface area contributed by atoms with Gasteiger partial charge in [-0.3, -0.25) is 0 Å². The first-order chi connectivity index (χ1) is 9.04. The molecule has 19 heavy (non-hydrogen) atoms. The number of aromatic nitrogens is 1. The van der Waals surface area contributed by atoms with Crippen LogP contribution in [0.2, 0.25) is 0 Å². The molecule has 0 saturated carbocycles. The molecule has 0 bridgehead atoms. The first-order valence-corrected chi connectivity index (χ1v) is 8.19. The van der Waals surface area contributed by atoms with Gasteiger partial charge in [-0.15, -0.1) is 0 Å². The second kappa shape index (κ2) is 4.61. The topological polar surface area (TPSA) is 63.4 Å². The van der Waals surface area contributed by atoms with E-state index in [4.69, 9.17) is 4.42 Å². The molecule has 0 amide bonds. The van der Waals surface area contributed by atoms with Crippen LogP contribution in [0.15, 0.2) is 28.7 Å². The number of para-hydroxylation sites is 2. The summed E-state index contributed by atoms with van der Waals surface area (Å²) < 4.78 is 30.5. The number of hydrogen-bond acceptors (Lipinski definition) is 4. The fourth-order valence-electron chi connectivity index (χ4n) is 2.51. The van der Waals surface area contributed by atoms with Gasteiger partial charge < -0.3 is 4.42 Å². The van der Waals surface area contributed by atoms with Crippen molar-refractivity contribution < 1.29 is 12.8 Å². The molecule has 1 aromatic carbocycles. The van der Waals surface area contributed by atoms with E-state index in [2.05, 4.69) is 4.98 Å². The molecule has 1 saturated heterocycles. The van der Waals surface area contributed by atoms with Crippen LogP contribution in [0.4, 0.5) is 0 Å². The highest BCUT2D eigenvalue weighted by atomic mass is 32.2. The van der Waals surface area contributed by atoms with Gasteiger partial charge in [0.2, 0.25) is 10.0 Å². The zero-order chi connectivity index (χ0) is 13.5. The highest BCUT2D eigenvalue weighted by molar-refractivity contribution is 7.88. The minimum Gasteiger partial charge on any atom is -0.440 e. The Kier molecular flexibility index (Phi) is 3.06. The van der Waals surface area contributed by atoms with Crippen LogP contribution in [0.5, 0.6) is 0 Å². The molecule has 0 spiro atoms. The summed E-state index contributed by atoms with van der Waals surface area (Å²) in [5.74, 6) is 0.699. The van der Waals surface area contributed by atoms with E-state index in [1.165, 1.54) is 10.6 Å². The van der Waals surface area contributed by atoms with Crippen LogP contribution in [-0.4, -0.2) is 37.1 Å². The first kappa shape index (κ1) is 12.6. The van der Waals surface area contributed by atoms with E-state index in [1.807, 2.05) is 24.3 Å². The Balaban J connectivity index is 1.89. The predicted octanol–water partition coefficient (Wildman–Crippen LogP) is 1.97. The van der Waals surface area contributed by atoms with E-state index in [9.17, 15) is 8.42 Å². The molecule has 102 valence electrons. The van der Waals surface area contributed by atoms with Crippen molar-refractivity contribution in [3.63, 3.8) is 0 Å². The summed E-state index contributed by atoms with van der Waals surface area (Å²) in [6.07, 6.45) is 3.01. The lowest BCUT2D eigenvalue weighted by atomic mass is 10.00. The third-order valence-electron chi connectivity index (χ3n) is 3.51. The van der Waals surface area contributed by atoms with Gasteiger partial charge in [0.05, 0.1) is 6.26 Å². The fraction of sp³-hybridized carbons (Fsp3) is 0.462. The van der Waals surface area contributed by atoms with Crippen LogP contribution in [0, 0.1) is 0 Å². The van der Waals surface area contributed by atoms with Crippen LogP contribution >= 0.6 is 0 Å². The molecule has 0 N–H and O–H groups in total. The van der Waals surface area contributed by atoms with Gasteiger partial charge in [0, 0.05) is 19.0 Å². The third-order valence-corrected chi connectivity index (χ3v) is 4.78. The number of nitrogens with zero attached hydrogens (tertiary/aromatic N) is 2. The quantitative estimate of drug-likeness (QED) is 0.843. The molecule has 6 heteroatoms.